The van der Waals surface area contributed by atoms with Crippen LogP contribution in [0.5, 0.6) is 17.2 Å². The number of aldehydes is 1. The molecule has 6 aromatic heterocycles. The predicted molar refractivity (Wildman–Crippen MR) is 437 cm³/mol. The van der Waals surface area contributed by atoms with Crippen molar-refractivity contribution in [3.05, 3.63) is 202 Å². The average molecular weight is 1660 g/mol. The van der Waals surface area contributed by atoms with Crippen molar-refractivity contribution in [3.63, 3.8) is 0 Å². The minimum Gasteiger partial charge on any atom is -0.540 e. The number of anilines is 3. The third-order valence-corrected chi connectivity index (χ3v) is 34.9. The zero-order valence-electron chi connectivity index (χ0n) is 65.5. The first-order chi connectivity index (χ1) is 53.5. The fourth-order valence-corrected chi connectivity index (χ4v) is 25.4. The number of nitrogens with one attached hydrogen (secondary N) is 3. The van der Waals surface area contributed by atoms with E-state index in [-0.39, 0.29) is 138 Å². The number of amides is 3. The maximum absolute atomic E-state index is 13.8. The topological polar surface area (TPSA) is 404 Å². The highest BCUT2D eigenvalue weighted by molar-refractivity contribution is 7.96. The van der Waals surface area contributed by atoms with Crippen LogP contribution >= 0.6 is 0 Å². The molecular weight excluding hydrogens is 1570 g/mol. The van der Waals surface area contributed by atoms with Gasteiger partial charge in [-0.1, -0.05) is 151 Å². The highest BCUT2D eigenvalue weighted by atomic mass is 32.2. The van der Waals surface area contributed by atoms with Crippen molar-refractivity contribution in [3.8, 4) is 17.2 Å². The number of hydrogen-bond acceptors (Lipinski definition) is 24. The molecule has 3 aromatic carbocycles. The standard InChI is InChI=1S/C28H37FN6O5SSi.C28H36FN5O5SSi.C20H18FN5O4S/c1-9-41(38,39)35(8)27-24-23(33-22(15-30-24)16-32-37)26(40-42(17(2)3,18(4)5)19(6)7)25(34-27)28(36)31-14-20-10-12-21(29)13-11-20;1-9-40(37,38)34(8)27-24-23(32-22(16-35)15-30-24)26(39-41(17(2)3,18(4)5)19(6)7)25(33-27)28(36)31-14-20-10-12-21(29)13-11-20;1-4-14-11-22-16-15(24-14)18(27)17(25-19(16)26(3)31(29,30)5-2)20(28)23-10-12-6-8-13(21)9-7-12/h9-13,15-19,37H,1,14H2,2-8H3,(H,31,36);9-13,15-19H,1,14H2,2-8H3,(H,31,36);4-9,11,27H,1-2,10H2,3H3,(H,23,28)/b32-16+;;. The van der Waals surface area contributed by atoms with Crippen molar-refractivity contribution in [2.45, 2.75) is 136 Å². The number of hydrogen-bond donors (Lipinski definition) is 5. The molecule has 606 valence electrons. The Kier molecular flexibility index (Phi) is 29.5. The number of aromatic hydroxyl groups is 1. The van der Waals surface area contributed by atoms with Gasteiger partial charge in [-0.25, -0.2) is 83.3 Å². The van der Waals surface area contributed by atoms with Crippen molar-refractivity contribution in [1.82, 2.24) is 60.8 Å². The molecule has 0 aliphatic heterocycles. The molecule has 5 N–H and O–H groups in total. The van der Waals surface area contributed by atoms with E-state index in [2.05, 4.69) is 175 Å². The van der Waals surface area contributed by atoms with E-state index in [1.807, 2.05) is 0 Å². The number of fused-ring (bicyclic) bond motifs is 3. The van der Waals surface area contributed by atoms with Gasteiger partial charge in [0.25, 0.3) is 64.4 Å². The number of sulfonamides is 3. The lowest BCUT2D eigenvalue weighted by molar-refractivity contribution is 0.0935. The Morgan fingerprint density at radius 2 is 0.737 bits per heavy atom. The van der Waals surface area contributed by atoms with Gasteiger partial charge in [0.15, 0.2) is 58.1 Å². The normalized spacial score (nSPS) is 12.0. The SMILES string of the molecule is C=CS(=O)(=O)N(C)c1nc(C(=O)NCc2ccc(F)cc2)c(O[Si](C(C)C)(C(C)C)C(C)C)c2nc(/C=N/O)cnc12.C=CS(=O)(=O)N(C)c1nc(C(=O)NCc2ccc(F)cc2)c(O[Si](C(C)C)(C(C)C)C(C)C)c2nc(C=O)cnc12.C=Cc1cnc2c(N(C)S(=O)(=O)C=C)nc(C(=O)NCc3ccc(F)cc3)c(O)c2n1. The monoisotopic (exact) mass is 1660 g/mol. The summed E-state index contributed by atoms with van der Waals surface area (Å²) in [5, 5.41) is 33.2. The lowest BCUT2D eigenvalue weighted by Gasteiger charge is -2.42. The first-order valence-corrected chi connectivity index (χ1v) is 44.2. The quantitative estimate of drug-likeness (QED) is 0.00885. The Labute approximate surface area is 662 Å². The number of carbonyl (C=O) groups excluding carboxylic acids is 4. The molecule has 3 amide bonds. The Morgan fingerprint density at radius 3 is 1.04 bits per heavy atom. The van der Waals surface area contributed by atoms with E-state index in [0.29, 0.717) is 34.1 Å². The van der Waals surface area contributed by atoms with Crippen molar-refractivity contribution in [2.24, 2.45) is 5.16 Å². The zero-order valence-corrected chi connectivity index (χ0v) is 70.0. The highest BCUT2D eigenvalue weighted by Crippen LogP contribution is 2.48. The lowest BCUT2D eigenvalue weighted by Crippen LogP contribution is -2.51. The summed E-state index contributed by atoms with van der Waals surface area (Å²) in [6.07, 6.45) is 6.76. The van der Waals surface area contributed by atoms with Gasteiger partial charge >= 0.3 is 0 Å². The first-order valence-electron chi connectivity index (χ1n) is 35.4. The van der Waals surface area contributed by atoms with Crippen LogP contribution in [-0.4, -0.2) is 148 Å². The molecule has 0 unspecified atom stereocenters. The summed E-state index contributed by atoms with van der Waals surface area (Å²) in [7, 11) is -13.8. The van der Waals surface area contributed by atoms with Gasteiger partial charge in [-0.3, -0.25) is 32.1 Å². The van der Waals surface area contributed by atoms with E-state index < -0.39 is 93.3 Å². The van der Waals surface area contributed by atoms with Gasteiger partial charge in [-0.05, 0) is 92.4 Å². The summed E-state index contributed by atoms with van der Waals surface area (Å²) >= 11 is 0. The molecule has 114 heavy (non-hydrogen) atoms. The molecule has 6 heterocycles. The number of halogens is 3. The molecule has 9 rings (SSSR count). The predicted octanol–water partition coefficient (Wildman–Crippen LogP) is 13.1. The van der Waals surface area contributed by atoms with Gasteiger partial charge in [0.2, 0.25) is 0 Å². The molecule has 0 radical (unpaired) electrons. The van der Waals surface area contributed by atoms with Gasteiger partial charge in [-0.2, -0.15) is 0 Å². The van der Waals surface area contributed by atoms with E-state index in [9.17, 15) is 62.7 Å². The Bertz CT molecular complexity index is 5480. The van der Waals surface area contributed by atoms with Crippen LogP contribution in [-0.2, 0) is 49.7 Å². The van der Waals surface area contributed by atoms with Crippen LogP contribution in [0.25, 0.3) is 39.2 Å². The zero-order chi connectivity index (χ0) is 84.9. The van der Waals surface area contributed by atoms with Gasteiger partial charge < -0.3 is 35.1 Å². The number of benzene rings is 3. The van der Waals surface area contributed by atoms with Crippen LogP contribution in [0.4, 0.5) is 30.6 Å². The second-order valence-corrected chi connectivity index (χ2v) is 44.2. The molecule has 30 nitrogen and oxygen atoms in total. The van der Waals surface area contributed by atoms with E-state index >= 15 is 0 Å². The molecule has 9 aromatic rings. The van der Waals surface area contributed by atoms with E-state index in [1.54, 1.807) is 0 Å². The van der Waals surface area contributed by atoms with Crippen LogP contribution in [0.1, 0.15) is 153 Å². The Balaban J connectivity index is 0.000000240. The number of aromatic nitrogens is 9. The van der Waals surface area contributed by atoms with Gasteiger partial charge in [0.05, 0.1) is 30.5 Å². The Morgan fingerprint density at radius 1 is 0.456 bits per heavy atom. The maximum atomic E-state index is 13.8. The minimum atomic E-state index is -4.05. The molecule has 0 bridgehead atoms. The van der Waals surface area contributed by atoms with Crippen LogP contribution in [0.15, 0.2) is 139 Å². The van der Waals surface area contributed by atoms with E-state index in [0.717, 1.165) is 29.9 Å². The van der Waals surface area contributed by atoms with Crippen LogP contribution < -0.4 is 37.7 Å². The van der Waals surface area contributed by atoms with Crippen LogP contribution in [0, 0.1) is 17.5 Å². The number of rotatable bonds is 31. The Hall–Kier alpha value is -11.5. The van der Waals surface area contributed by atoms with Gasteiger partial charge in [0.1, 0.15) is 61.9 Å². The van der Waals surface area contributed by atoms with Crippen LogP contribution in [0.3, 0.4) is 0 Å². The molecular formula is C76H91F3N16O14S3Si2. The second-order valence-electron chi connectivity index (χ2n) is 27.7. The summed E-state index contributed by atoms with van der Waals surface area (Å²) in [5.74, 6) is -4.43. The molecule has 0 atom stereocenters. The van der Waals surface area contributed by atoms with Gasteiger partial charge in [0, 0.05) is 57.0 Å². The third-order valence-electron chi connectivity index (χ3n) is 18.9. The lowest BCUT2D eigenvalue weighted by atomic mass is 10.2. The summed E-state index contributed by atoms with van der Waals surface area (Å²) in [6, 6.07) is 16.7. The number of pyridine rings is 3. The molecule has 0 saturated heterocycles. The third kappa shape index (κ3) is 19.7. The molecule has 0 saturated carbocycles. The van der Waals surface area contributed by atoms with Gasteiger partial charge in [-0.15, -0.1) is 0 Å². The first kappa shape index (κ1) is 89.7. The maximum Gasteiger partial charge on any atom is 0.274 e. The summed E-state index contributed by atoms with van der Waals surface area (Å²) in [5.41, 5.74) is 2.06. The largest absolute Gasteiger partial charge is 0.540 e. The van der Waals surface area contributed by atoms with Crippen molar-refractivity contribution in [2.75, 3.05) is 34.1 Å². The second kappa shape index (κ2) is 37.4. The fourth-order valence-electron chi connectivity index (χ4n) is 13.1. The van der Waals surface area contributed by atoms with E-state index in [4.69, 9.17) is 14.1 Å². The number of carbonyl (C=O) groups is 4. The fraction of sp³-hybridized carbons (Fsp3) is 0.316. The minimum absolute atomic E-state index is 0.0206. The highest BCUT2D eigenvalue weighted by Gasteiger charge is 2.50. The van der Waals surface area contributed by atoms with Crippen molar-refractivity contribution < 1.29 is 76.8 Å². The summed E-state index contributed by atoms with van der Waals surface area (Å²) in [4.78, 5) is 91.1. The molecule has 38 heteroatoms. The molecule has 0 fully saturated rings. The average Bonchev–Trinajstić information content (AvgIpc) is 0.744. The number of nitrogens with zero attached hydrogens (tertiary/aromatic N) is 13. The van der Waals surface area contributed by atoms with Crippen LogP contribution in [0.2, 0.25) is 33.2 Å². The number of oxime groups is 1. The summed E-state index contributed by atoms with van der Waals surface area (Å²) < 4.78 is 132. The van der Waals surface area contributed by atoms with Crippen molar-refractivity contribution >= 4 is 134 Å². The molecule has 0 aliphatic rings. The molecule has 0 spiro atoms. The molecule has 0 aliphatic carbocycles. The summed E-state index contributed by atoms with van der Waals surface area (Å²) in [6.45, 7) is 38.5. The van der Waals surface area contributed by atoms with E-state index in [1.165, 1.54) is 119 Å². The smallest absolute Gasteiger partial charge is 0.274 e. The van der Waals surface area contributed by atoms with Crippen molar-refractivity contribution in [1.29, 1.82) is 0 Å².